The molecule has 0 unspecified atom stereocenters. The minimum absolute atomic E-state index is 0.146. The minimum Gasteiger partial charge on any atom is -0.335 e. The van der Waals surface area contributed by atoms with Crippen molar-refractivity contribution in [2.75, 3.05) is 5.32 Å². The van der Waals surface area contributed by atoms with Crippen LogP contribution in [0.25, 0.3) is 55.8 Å². The molecule has 0 saturated heterocycles. The third kappa shape index (κ3) is 4.68. The molecule has 200 valence electrons. The van der Waals surface area contributed by atoms with Crippen LogP contribution < -0.4 is 5.32 Å². The van der Waals surface area contributed by atoms with Gasteiger partial charge in [-0.2, -0.15) is 5.10 Å². The Labute approximate surface area is 227 Å². The van der Waals surface area contributed by atoms with Crippen molar-refractivity contribution in [3.05, 3.63) is 78.8 Å². The highest BCUT2D eigenvalue weighted by molar-refractivity contribution is 5.98. The number of nitrogens with zero attached hydrogens (tertiary/aromatic N) is 4. The van der Waals surface area contributed by atoms with Gasteiger partial charge in [-0.3, -0.25) is 14.9 Å². The van der Waals surface area contributed by atoms with Crippen LogP contribution in [0.4, 0.5) is 14.5 Å². The first-order chi connectivity index (χ1) is 19.2. The molecular formula is C30H25F2N7O. The summed E-state index contributed by atoms with van der Waals surface area (Å²) in [6.07, 6.45) is 4.95. The fourth-order valence-corrected chi connectivity index (χ4v) is 4.74. The Morgan fingerprint density at radius 2 is 1.82 bits per heavy atom. The standard InChI is InChI=1S/C30H25F2N7O/c1-30(2,3)13-23(40)35-17-12-16(14-33-15-17)18-8-9-22-24(25(18)32)27(39-38-22)29-36-26-20(10-11-34-28(26)37-29)19-6-4-5-7-21(19)31/h4-12,14-15H,13H2,1-3H3,(H,35,40)(H,38,39)(H,34,36,37). The van der Waals surface area contributed by atoms with Crippen LogP contribution in [0.2, 0.25) is 0 Å². The summed E-state index contributed by atoms with van der Waals surface area (Å²) >= 11 is 0. The van der Waals surface area contributed by atoms with Gasteiger partial charge in [0, 0.05) is 41.1 Å². The topological polar surface area (TPSA) is 112 Å². The Morgan fingerprint density at radius 3 is 2.62 bits per heavy atom. The number of carbonyl (C=O) groups is 1. The van der Waals surface area contributed by atoms with Crippen molar-refractivity contribution < 1.29 is 13.6 Å². The highest BCUT2D eigenvalue weighted by Gasteiger charge is 2.22. The first-order valence-electron chi connectivity index (χ1n) is 12.7. The Hall–Kier alpha value is -4.99. The van der Waals surface area contributed by atoms with Crippen molar-refractivity contribution in [1.82, 2.24) is 30.1 Å². The van der Waals surface area contributed by atoms with Crippen LogP contribution in [0.5, 0.6) is 0 Å². The van der Waals surface area contributed by atoms with Gasteiger partial charge in [0.25, 0.3) is 0 Å². The summed E-state index contributed by atoms with van der Waals surface area (Å²) in [5, 5.41) is 10.3. The molecule has 8 nitrogen and oxygen atoms in total. The normalized spacial score (nSPS) is 11.8. The number of fused-ring (bicyclic) bond motifs is 2. The average molecular weight is 538 g/mol. The number of halogens is 2. The molecule has 0 aliphatic rings. The van der Waals surface area contributed by atoms with E-state index in [0.29, 0.717) is 45.5 Å². The second-order valence-electron chi connectivity index (χ2n) is 10.8. The molecule has 0 bridgehead atoms. The van der Waals surface area contributed by atoms with Crippen LogP contribution in [0, 0.1) is 17.0 Å². The van der Waals surface area contributed by atoms with Crippen molar-refractivity contribution in [3.63, 3.8) is 0 Å². The van der Waals surface area contributed by atoms with E-state index in [1.807, 2.05) is 20.8 Å². The van der Waals surface area contributed by atoms with Crippen LogP contribution in [-0.4, -0.2) is 36.0 Å². The molecule has 0 saturated carbocycles. The van der Waals surface area contributed by atoms with E-state index in [0.717, 1.165) is 0 Å². The SMILES string of the molecule is CC(C)(C)CC(=O)Nc1cncc(-c2ccc3[nH]nc(-c4nc5nccc(-c6ccccc6F)c5[nH]4)c3c2F)c1. The zero-order chi connectivity index (χ0) is 28.0. The molecule has 0 atom stereocenters. The number of hydrogen-bond donors (Lipinski definition) is 3. The van der Waals surface area contributed by atoms with E-state index in [4.69, 9.17) is 0 Å². The van der Waals surface area contributed by atoms with E-state index in [1.54, 1.807) is 48.7 Å². The molecule has 0 spiro atoms. The van der Waals surface area contributed by atoms with Gasteiger partial charge in [0.1, 0.15) is 17.3 Å². The third-order valence-electron chi connectivity index (χ3n) is 6.47. The van der Waals surface area contributed by atoms with Gasteiger partial charge < -0.3 is 10.3 Å². The van der Waals surface area contributed by atoms with Gasteiger partial charge in [0.05, 0.1) is 28.3 Å². The Bertz CT molecular complexity index is 1900. The Balaban J connectivity index is 1.41. The molecule has 3 N–H and O–H groups in total. The van der Waals surface area contributed by atoms with Gasteiger partial charge in [0.2, 0.25) is 5.91 Å². The fourth-order valence-electron chi connectivity index (χ4n) is 4.74. The number of amides is 1. The van der Waals surface area contributed by atoms with E-state index >= 15 is 4.39 Å². The number of hydrogen-bond acceptors (Lipinski definition) is 5. The first-order valence-corrected chi connectivity index (χ1v) is 12.7. The number of H-pyrrole nitrogens is 2. The molecular weight excluding hydrogens is 512 g/mol. The van der Waals surface area contributed by atoms with E-state index < -0.39 is 5.82 Å². The lowest BCUT2D eigenvalue weighted by molar-refractivity contribution is -0.117. The number of rotatable bonds is 5. The molecule has 0 radical (unpaired) electrons. The fraction of sp³-hybridized carbons (Fsp3) is 0.167. The number of imidazole rings is 1. The number of nitrogens with one attached hydrogen (secondary N) is 3. The van der Waals surface area contributed by atoms with Crippen LogP contribution in [0.15, 0.2) is 67.1 Å². The molecule has 4 heterocycles. The number of carbonyl (C=O) groups excluding carboxylic acids is 1. The summed E-state index contributed by atoms with van der Waals surface area (Å²) in [7, 11) is 0. The number of benzene rings is 2. The zero-order valence-corrected chi connectivity index (χ0v) is 22.0. The van der Waals surface area contributed by atoms with Crippen molar-refractivity contribution >= 4 is 33.7 Å². The monoisotopic (exact) mass is 537 g/mol. The number of aromatic amines is 2. The zero-order valence-electron chi connectivity index (χ0n) is 22.0. The van der Waals surface area contributed by atoms with Crippen molar-refractivity contribution in [2.24, 2.45) is 5.41 Å². The minimum atomic E-state index is -0.524. The molecule has 0 fully saturated rings. The largest absolute Gasteiger partial charge is 0.335 e. The maximum Gasteiger partial charge on any atom is 0.224 e. The molecule has 6 aromatic rings. The van der Waals surface area contributed by atoms with E-state index in [9.17, 15) is 9.18 Å². The highest BCUT2D eigenvalue weighted by atomic mass is 19.1. The lowest BCUT2D eigenvalue weighted by atomic mass is 9.92. The first kappa shape index (κ1) is 25.3. The average Bonchev–Trinajstić information content (AvgIpc) is 3.53. The number of pyridine rings is 2. The summed E-state index contributed by atoms with van der Waals surface area (Å²) in [5.74, 6) is -0.760. The van der Waals surface area contributed by atoms with Gasteiger partial charge in [-0.25, -0.2) is 18.7 Å². The summed E-state index contributed by atoms with van der Waals surface area (Å²) < 4.78 is 30.7. The summed E-state index contributed by atoms with van der Waals surface area (Å²) in [6.45, 7) is 5.94. The van der Waals surface area contributed by atoms with Crippen LogP contribution in [-0.2, 0) is 4.79 Å². The molecule has 0 aliphatic carbocycles. The van der Waals surface area contributed by atoms with Gasteiger partial charge in [-0.05, 0) is 35.7 Å². The van der Waals surface area contributed by atoms with Crippen molar-refractivity contribution in [3.8, 4) is 33.8 Å². The van der Waals surface area contributed by atoms with Crippen molar-refractivity contribution in [2.45, 2.75) is 27.2 Å². The molecule has 2 aromatic carbocycles. The van der Waals surface area contributed by atoms with E-state index in [1.165, 1.54) is 18.5 Å². The third-order valence-corrected chi connectivity index (χ3v) is 6.47. The van der Waals surface area contributed by atoms with Gasteiger partial charge in [-0.1, -0.05) is 39.0 Å². The summed E-state index contributed by atoms with van der Waals surface area (Å²) in [4.78, 5) is 28.7. The van der Waals surface area contributed by atoms with E-state index in [-0.39, 0.29) is 39.6 Å². The Morgan fingerprint density at radius 1 is 1.00 bits per heavy atom. The van der Waals surface area contributed by atoms with Crippen LogP contribution >= 0.6 is 0 Å². The molecule has 0 aliphatic heterocycles. The second kappa shape index (κ2) is 9.64. The van der Waals surface area contributed by atoms with Gasteiger partial charge in [0.15, 0.2) is 11.5 Å². The maximum atomic E-state index is 16.1. The summed E-state index contributed by atoms with van der Waals surface area (Å²) in [6, 6.07) is 13.2. The van der Waals surface area contributed by atoms with Gasteiger partial charge >= 0.3 is 0 Å². The molecule has 6 rings (SSSR count). The quantitative estimate of drug-likeness (QED) is 0.222. The predicted molar refractivity (Wildman–Crippen MR) is 150 cm³/mol. The van der Waals surface area contributed by atoms with E-state index in [2.05, 4.69) is 35.5 Å². The maximum absolute atomic E-state index is 16.1. The van der Waals surface area contributed by atoms with Crippen LogP contribution in [0.1, 0.15) is 27.2 Å². The molecule has 1 amide bonds. The lowest BCUT2D eigenvalue weighted by Crippen LogP contribution is -2.19. The number of anilines is 1. The number of aromatic nitrogens is 6. The molecule has 40 heavy (non-hydrogen) atoms. The van der Waals surface area contributed by atoms with Gasteiger partial charge in [-0.15, -0.1) is 0 Å². The predicted octanol–water partition coefficient (Wildman–Crippen LogP) is 6.88. The second-order valence-corrected chi connectivity index (χ2v) is 10.8. The smallest absolute Gasteiger partial charge is 0.224 e. The Kier molecular flexibility index (Phi) is 6.10. The van der Waals surface area contributed by atoms with Crippen molar-refractivity contribution in [1.29, 1.82) is 0 Å². The summed E-state index contributed by atoms with van der Waals surface area (Å²) in [5.41, 5.74) is 3.66. The lowest BCUT2D eigenvalue weighted by Gasteiger charge is -2.17. The molecule has 4 aromatic heterocycles. The van der Waals surface area contributed by atoms with Crippen LogP contribution in [0.3, 0.4) is 0 Å². The highest BCUT2D eigenvalue weighted by Crippen LogP contribution is 2.36. The molecule has 10 heteroatoms.